The van der Waals surface area contributed by atoms with Crippen LogP contribution >= 0.6 is 0 Å². The van der Waals surface area contributed by atoms with Crippen LogP contribution < -0.4 is 10.0 Å². The molecule has 1 aliphatic rings. The summed E-state index contributed by atoms with van der Waals surface area (Å²) in [6.45, 7) is 3.53. The number of hydrogen-bond donors (Lipinski definition) is 2. The van der Waals surface area contributed by atoms with Gasteiger partial charge in [-0.25, -0.2) is 13.1 Å². The molecule has 5 heteroatoms. The third kappa shape index (κ3) is 3.80. The molecule has 0 spiro atoms. The second-order valence-electron chi connectivity index (χ2n) is 5.14. The molecular formula is C13H20N2O2S. The van der Waals surface area contributed by atoms with E-state index in [9.17, 15) is 8.42 Å². The molecule has 1 heterocycles. The van der Waals surface area contributed by atoms with Crippen LogP contribution in [0.1, 0.15) is 18.9 Å². The number of nitrogens with one attached hydrogen (secondary N) is 2. The molecule has 1 atom stereocenters. The highest BCUT2D eigenvalue weighted by atomic mass is 32.2. The minimum Gasteiger partial charge on any atom is -0.315 e. The van der Waals surface area contributed by atoms with Crippen molar-refractivity contribution in [1.82, 2.24) is 10.0 Å². The van der Waals surface area contributed by atoms with E-state index >= 15 is 0 Å². The monoisotopic (exact) mass is 268 g/mol. The first-order valence-electron chi connectivity index (χ1n) is 6.25. The Labute approximate surface area is 109 Å². The minimum atomic E-state index is -3.21. The molecule has 1 aliphatic heterocycles. The largest absolute Gasteiger partial charge is 0.315 e. The Balaban J connectivity index is 1.92. The van der Waals surface area contributed by atoms with Gasteiger partial charge < -0.3 is 5.32 Å². The molecule has 4 nitrogen and oxygen atoms in total. The highest BCUT2D eigenvalue weighted by Crippen LogP contribution is 2.15. The van der Waals surface area contributed by atoms with Crippen LogP contribution in [-0.4, -0.2) is 32.8 Å². The molecular weight excluding hydrogens is 248 g/mol. The molecule has 1 unspecified atom stereocenters. The zero-order valence-electron chi connectivity index (χ0n) is 10.6. The van der Waals surface area contributed by atoms with Gasteiger partial charge in [0.2, 0.25) is 10.0 Å². The van der Waals surface area contributed by atoms with Crippen molar-refractivity contribution in [1.29, 1.82) is 0 Å². The molecule has 0 bridgehead atoms. The van der Waals surface area contributed by atoms with Gasteiger partial charge in [-0.2, -0.15) is 0 Å². The number of hydrogen-bond acceptors (Lipinski definition) is 3. The smallest absolute Gasteiger partial charge is 0.212 e. The lowest BCUT2D eigenvalue weighted by Crippen LogP contribution is -2.48. The van der Waals surface area contributed by atoms with Crippen LogP contribution in [0.4, 0.5) is 0 Å². The molecule has 1 fully saturated rings. The molecule has 2 rings (SSSR count). The summed E-state index contributed by atoms with van der Waals surface area (Å²) in [6.07, 6.45) is 1.40. The predicted octanol–water partition coefficient (Wildman–Crippen LogP) is 0.900. The van der Waals surface area contributed by atoms with Crippen molar-refractivity contribution in [3.8, 4) is 0 Å². The molecule has 0 aromatic heterocycles. The third-order valence-electron chi connectivity index (χ3n) is 3.27. The quantitative estimate of drug-likeness (QED) is 0.834. The molecule has 0 aliphatic carbocycles. The summed E-state index contributed by atoms with van der Waals surface area (Å²) >= 11 is 0. The molecule has 1 aromatic rings. The molecule has 0 radical (unpaired) electrons. The molecule has 0 amide bonds. The topological polar surface area (TPSA) is 58.2 Å². The summed E-state index contributed by atoms with van der Waals surface area (Å²) in [5, 5.41) is 3.18. The SMILES string of the molecule is CC1(NS(=O)(=O)CCc2ccccc2)CCNC1. The van der Waals surface area contributed by atoms with E-state index in [1.807, 2.05) is 37.3 Å². The van der Waals surface area contributed by atoms with E-state index in [0.29, 0.717) is 13.0 Å². The number of rotatable bonds is 5. The minimum absolute atomic E-state index is 0.145. The normalized spacial score (nSPS) is 24.3. The van der Waals surface area contributed by atoms with Crippen molar-refractivity contribution in [3.05, 3.63) is 35.9 Å². The lowest BCUT2D eigenvalue weighted by atomic mass is 10.0. The Hall–Kier alpha value is -0.910. The number of sulfonamides is 1. The van der Waals surface area contributed by atoms with Gasteiger partial charge in [0, 0.05) is 12.1 Å². The van der Waals surface area contributed by atoms with Crippen LogP contribution in [0, 0.1) is 0 Å². The summed E-state index contributed by atoms with van der Waals surface area (Å²) in [5.74, 6) is 0.145. The second kappa shape index (κ2) is 5.38. The van der Waals surface area contributed by atoms with Crippen molar-refractivity contribution in [2.45, 2.75) is 25.3 Å². The van der Waals surface area contributed by atoms with Gasteiger partial charge in [-0.1, -0.05) is 30.3 Å². The van der Waals surface area contributed by atoms with Crippen molar-refractivity contribution in [2.24, 2.45) is 0 Å². The first kappa shape index (κ1) is 13.5. The van der Waals surface area contributed by atoms with Gasteiger partial charge in [0.25, 0.3) is 0 Å². The van der Waals surface area contributed by atoms with Gasteiger partial charge in [0.05, 0.1) is 5.75 Å². The summed E-state index contributed by atoms with van der Waals surface area (Å²) in [5.41, 5.74) is 0.729. The molecule has 1 aromatic carbocycles. The fraction of sp³-hybridized carbons (Fsp3) is 0.538. The lowest BCUT2D eigenvalue weighted by molar-refractivity contribution is 0.452. The van der Waals surface area contributed by atoms with Crippen molar-refractivity contribution in [3.63, 3.8) is 0 Å². The Morgan fingerprint density at radius 3 is 2.67 bits per heavy atom. The van der Waals surface area contributed by atoms with Crippen LogP contribution in [0.3, 0.4) is 0 Å². The van der Waals surface area contributed by atoms with Crippen LogP contribution in [0.25, 0.3) is 0 Å². The van der Waals surface area contributed by atoms with Gasteiger partial charge in [-0.05, 0) is 31.9 Å². The molecule has 0 saturated carbocycles. The standard InChI is InChI=1S/C13H20N2O2S/c1-13(8-9-14-11-13)15-18(16,17)10-7-12-5-3-2-4-6-12/h2-6,14-15H,7-11H2,1H3. The van der Waals surface area contributed by atoms with E-state index in [2.05, 4.69) is 10.0 Å². The van der Waals surface area contributed by atoms with E-state index < -0.39 is 10.0 Å². The zero-order valence-corrected chi connectivity index (χ0v) is 11.5. The maximum Gasteiger partial charge on any atom is 0.212 e. The Morgan fingerprint density at radius 2 is 2.06 bits per heavy atom. The van der Waals surface area contributed by atoms with E-state index in [4.69, 9.17) is 0 Å². The van der Waals surface area contributed by atoms with Gasteiger partial charge in [0.1, 0.15) is 0 Å². The van der Waals surface area contributed by atoms with Crippen molar-refractivity contribution >= 4 is 10.0 Å². The van der Waals surface area contributed by atoms with E-state index in [-0.39, 0.29) is 11.3 Å². The maximum absolute atomic E-state index is 12.0. The van der Waals surface area contributed by atoms with Gasteiger partial charge in [-0.3, -0.25) is 0 Å². The molecule has 2 N–H and O–H groups in total. The summed E-state index contributed by atoms with van der Waals surface area (Å²) in [4.78, 5) is 0. The van der Waals surface area contributed by atoms with Gasteiger partial charge in [-0.15, -0.1) is 0 Å². The van der Waals surface area contributed by atoms with Crippen molar-refractivity contribution in [2.75, 3.05) is 18.8 Å². The van der Waals surface area contributed by atoms with Crippen LogP contribution in [0.5, 0.6) is 0 Å². The Kier molecular flexibility index (Phi) is 4.04. The number of aryl methyl sites for hydroxylation is 1. The molecule has 1 saturated heterocycles. The average Bonchev–Trinajstić information content (AvgIpc) is 2.74. The van der Waals surface area contributed by atoms with Crippen molar-refractivity contribution < 1.29 is 8.42 Å². The van der Waals surface area contributed by atoms with E-state index in [1.54, 1.807) is 0 Å². The lowest BCUT2D eigenvalue weighted by Gasteiger charge is -2.24. The fourth-order valence-electron chi connectivity index (χ4n) is 2.23. The first-order chi connectivity index (χ1) is 8.49. The Morgan fingerprint density at radius 1 is 1.33 bits per heavy atom. The summed E-state index contributed by atoms with van der Waals surface area (Å²) in [7, 11) is -3.21. The Bertz CT molecular complexity index is 479. The van der Waals surface area contributed by atoms with Gasteiger partial charge >= 0.3 is 0 Å². The predicted molar refractivity (Wildman–Crippen MR) is 73.0 cm³/mol. The summed E-state index contributed by atoms with van der Waals surface area (Å²) < 4.78 is 26.9. The van der Waals surface area contributed by atoms with Gasteiger partial charge in [0.15, 0.2) is 0 Å². The first-order valence-corrected chi connectivity index (χ1v) is 7.91. The van der Waals surface area contributed by atoms with Crippen LogP contribution in [0.2, 0.25) is 0 Å². The second-order valence-corrected chi connectivity index (χ2v) is 6.99. The van der Waals surface area contributed by atoms with Crippen LogP contribution in [-0.2, 0) is 16.4 Å². The zero-order chi connectivity index (χ0) is 13.1. The highest BCUT2D eigenvalue weighted by molar-refractivity contribution is 7.89. The number of benzene rings is 1. The van der Waals surface area contributed by atoms with E-state index in [1.165, 1.54) is 0 Å². The maximum atomic E-state index is 12.0. The molecule has 100 valence electrons. The molecule has 18 heavy (non-hydrogen) atoms. The third-order valence-corrected chi connectivity index (χ3v) is 4.82. The highest BCUT2D eigenvalue weighted by Gasteiger charge is 2.32. The van der Waals surface area contributed by atoms with E-state index in [0.717, 1.165) is 18.5 Å². The average molecular weight is 268 g/mol. The van der Waals surface area contributed by atoms with Crippen LogP contribution in [0.15, 0.2) is 30.3 Å². The fourth-order valence-corrected chi connectivity index (χ4v) is 3.76. The summed E-state index contributed by atoms with van der Waals surface area (Å²) in [6, 6.07) is 9.69.